The van der Waals surface area contributed by atoms with E-state index in [1.165, 1.54) is 0 Å². The van der Waals surface area contributed by atoms with Gasteiger partial charge >= 0.3 is 6.98 Å². The summed E-state index contributed by atoms with van der Waals surface area (Å²) in [6.07, 6.45) is 1.98. The van der Waals surface area contributed by atoms with Gasteiger partial charge in [-0.25, -0.2) is 4.68 Å². The Labute approximate surface area is 94.3 Å². The molecule has 0 radical (unpaired) electrons. The van der Waals surface area contributed by atoms with E-state index in [0.717, 1.165) is 24.6 Å². The van der Waals surface area contributed by atoms with Crippen LogP contribution in [0.4, 0.5) is 12.9 Å². The molecular weight excluding hydrogens is 240 g/mol. The summed E-state index contributed by atoms with van der Waals surface area (Å²) in [5.41, 5.74) is -0.713. The molecule has 9 heteroatoms. The molecular formula is C7H9BF3N4S-. The zero-order valence-electron chi connectivity index (χ0n) is 8.31. The molecule has 1 heterocycles. The lowest BCUT2D eigenvalue weighted by Gasteiger charge is -2.16. The van der Waals surface area contributed by atoms with Crippen LogP contribution in [0.15, 0.2) is 17.2 Å². The van der Waals surface area contributed by atoms with E-state index >= 15 is 0 Å². The van der Waals surface area contributed by atoms with Crippen LogP contribution in [-0.2, 0) is 0 Å². The van der Waals surface area contributed by atoms with Gasteiger partial charge in [0.05, 0.1) is 6.04 Å². The van der Waals surface area contributed by atoms with Gasteiger partial charge in [0.25, 0.3) is 0 Å². The van der Waals surface area contributed by atoms with E-state index in [2.05, 4.69) is 22.1 Å². The number of hydrogen-bond acceptors (Lipinski definition) is 4. The first-order valence-electron chi connectivity index (χ1n) is 4.77. The van der Waals surface area contributed by atoms with Crippen molar-refractivity contribution in [1.82, 2.24) is 20.2 Å². The van der Waals surface area contributed by atoms with Crippen LogP contribution in [0.3, 0.4) is 0 Å². The fourth-order valence-corrected chi connectivity index (χ4v) is 2.00. The van der Waals surface area contributed by atoms with Crippen molar-refractivity contribution >= 4 is 18.7 Å². The molecule has 1 fully saturated rings. The van der Waals surface area contributed by atoms with Gasteiger partial charge in [-0.05, 0) is 29.0 Å². The summed E-state index contributed by atoms with van der Waals surface area (Å²) in [7, 11) is 0. The van der Waals surface area contributed by atoms with E-state index in [1.54, 1.807) is 4.68 Å². The molecule has 1 aromatic rings. The Hall–Kier alpha value is -0.985. The van der Waals surface area contributed by atoms with Gasteiger partial charge in [0.15, 0.2) is 0 Å². The monoisotopic (exact) mass is 249 g/mol. The molecule has 1 saturated carbocycles. The predicted molar refractivity (Wildman–Crippen MR) is 55.0 cm³/mol. The van der Waals surface area contributed by atoms with Crippen molar-refractivity contribution in [2.45, 2.75) is 24.0 Å². The summed E-state index contributed by atoms with van der Waals surface area (Å²) in [6, 6.07) is 0.266. The van der Waals surface area contributed by atoms with Crippen LogP contribution in [0, 0.1) is 0 Å². The Bertz CT molecular complexity index is 401. The summed E-state index contributed by atoms with van der Waals surface area (Å²) >= 11 is 0.980. The molecule has 0 atom stereocenters. The standard InChI is InChI=1S/C7H9BF3N4S/c1-5(8(9,10)11)4-16-7-12-13-14-15(7)6-2-3-6/h6H,1-4H2/q-1. The summed E-state index contributed by atoms with van der Waals surface area (Å²) in [5.74, 6) is -0.212. The van der Waals surface area contributed by atoms with Crippen LogP contribution >= 0.6 is 11.8 Å². The molecule has 2 rings (SSSR count). The highest BCUT2D eigenvalue weighted by atomic mass is 32.2. The van der Waals surface area contributed by atoms with Crippen molar-refractivity contribution in [2.75, 3.05) is 5.75 Å². The molecule has 0 unspecified atom stereocenters. The molecule has 88 valence electrons. The quantitative estimate of drug-likeness (QED) is 0.591. The second-order valence-electron chi connectivity index (χ2n) is 3.66. The minimum Gasteiger partial charge on any atom is -0.445 e. The fourth-order valence-electron chi connectivity index (χ4n) is 1.08. The van der Waals surface area contributed by atoms with Gasteiger partial charge in [-0.3, -0.25) is 0 Å². The maximum absolute atomic E-state index is 12.2. The maximum Gasteiger partial charge on any atom is 0.505 e. The Kier molecular flexibility index (Phi) is 2.96. The summed E-state index contributed by atoms with van der Waals surface area (Å²) < 4.78 is 38.3. The normalized spacial score (nSPS) is 16.4. The third kappa shape index (κ3) is 2.57. The lowest BCUT2D eigenvalue weighted by molar-refractivity contribution is 0.491. The van der Waals surface area contributed by atoms with Gasteiger partial charge in [0, 0.05) is 0 Å². The van der Waals surface area contributed by atoms with E-state index in [-0.39, 0.29) is 11.8 Å². The lowest BCUT2D eigenvalue weighted by atomic mass is 9.82. The molecule has 0 spiro atoms. The van der Waals surface area contributed by atoms with Gasteiger partial charge in [0.1, 0.15) is 0 Å². The molecule has 16 heavy (non-hydrogen) atoms. The average Bonchev–Trinajstić information content (AvgIpc) is 2.93. The summed E-state index contributed by atoms with van der Waals surface area (Å²) in [5, 5.41) is 11.3. The van der Waals surface area contributed by atoms with Crippen molar-refractivity contribution in [3.63, 3.8) is 0 Å². The number of tetrazole rings is 1. The predicted octanol–water partition coefficient (Wildman–Crippen LogP) is 2.04. The molecule has 4 nitrogen and oxygen atoms in total. The zero-order valence-corrected chi connectivity index (χ0v) is 9.13. The molecule has 0 bridgehead atoms. The van der Waals surface area contributed by atoms with Gasteiger partial charge in [-0.15, -0.1) is 17.2 Å². The number of rotatable bonds is 5. The van der Waals surface area contributed by atoms with E-state index in [1.807, 2.05) is 0 Å². The third-order valence-corrected chi connectivity index (χ3v) is 3.25. The first kappa shape index (κ1) is 11.5. The van der Waals surface area contributed by atoms with E-state index in [4.69, 9.17) is 0 Å². The third-order valence-electron chi connectivity index (χ3n) is 2.20. The highest BCUT2D eigenvalue weighted by Gasteiger charge is 2.30. The highest BCUT2D eigenvalue weighted by molar-refractivity contribution is 7.99. The van der Waals surface area contributed by atoms with Crippen molar-refractivity contribution in [3.05, 3.63) is 12.1 Å². The number of halogens is 3. The lowest BCUT2D eigenvalue weighted by Crippen LogP contribution is -2.20. The molecule has 0 N–H and O–H groups in total. The van der Waals surface area contributed by atoms with Gasteiger partial charge in [-0.2, -0.15) is 0 Å². The molecule has 0 aliphatic heterocycles. The first-order chi connectivity index (χ1) is 7.48. The van der Waals surface area contributed by atoms with Gasteiger partial charge in [0.2, 0.25) is 5.16 Å². The van der Waals surface area contributed by atoms with Crippen LogP contribution in [0.1, 0.15) is 18.9 Å². The summed E-state index contributed by atoms with van der Waals surface area (Å²) in [4.78, 5) is 0. The molecule has 1 aromatic heterocycles. The maximum atomic E-state index is 12.2. The second kappa shape index (κ2) is 4.12. The Balaban J connectivity index is 1.94. The largest absolute Gasteiger partial charge is 0.505 e. The molecule has 0 saturated heterocycles. The SMILES string of the molecule is C=C(CSc1nnnn1C1CC1)[B-](F)(F)F. The molecule has 1 aliphatic rings. The molecule has 0 amide bonds. The zero-order chi connectivity index (χ0) is 11.8. The first-order valence-corrected chi connectivity index (χ1v) is 5.75. The number of thioether (sulfide) groups is 1. The Morgan fingerprint density at radius 1 is 1.50 bits per heavy atom. The van der Waals surface area contributed by atoms with E-state index in [9.17, 15) is 12.9 Å². The van der Waals surface area contributed by atoms with Gasteiger partial charge < -0.3 is 12.9 Å². The minimum absolute atomic E-state index is 0.212. The van der Waals surface area contributed by atoms with Crippen LogP contribution < -0.4 is 0 Å². The highest BCUT2D eigenvalue weighted by Crippen LogP contribution is 2.37. The Morgan fingerprint density at radius 3 is 2.75 bits per heavy atom. The van der Waals surface area contributed by atoms with E-state index < -0.39 is 12.4 Å². The van der Waals surface area contributed by atoms with Crippen molar-refractivity contribution in [2.24, 2.45) is 0 Å². The van der Waals surface area contributed by atoms with Crippen LogP contribution in [0.5, 0.6) is 0 Å². The van der Waals surface area contributed by atoms with Crippen molar-refractivity contribution < 1.29 is 12.9 Å². The number of nitrogens with zero attached hydrogens (tertiary/aromatic N) is 4. The number of aromatic nitrogens is 4. The smallest absolute Gasteiger partial charge is 0.445 e. The second-order valence-corrected chi connectivity index (χ2v) is 4.60. The topological polar surface area (TPSA) is 43.6 Å². The fraction of sp³-hybridized carbons (Fsp3) is 0.571. The summed E-state index contributed by atoms with van der Waals surface area (Å²) in [6.45, 7) is -1.94. The number of hydrogen-bond donors (Lipinski definition) is 0. The molecule has 0 aromatic carbocycles. The van der Waals surface area contributed by atoms with Crippen LogP contribution in [-0.4, -0.2) is 32.9 Å². The van der Waals surface area contributed by atoms with Crippen LogP contribution in [0.2, 0.25) is 0 Å². The minimum atomic E-state index is -4.96. The van der Waals surface area contributed by atoms with Crippen molar-refractivity contribution in [1.29, 1.82) is 0 Å². The average molecular weight is 249 g/mol. The molecule has 1 aliphatic carbocycles. The van der Waals surface area contributed by atoms with Gasteiger partial charge in [-0.1, -0.05) is 11.8 Å². The van der Waals surface area contributed by atoms with E-state index in [0.29, 0.717) is 5.16 Å². The van der Waals surface area contributed by atoms with Crippen molar-refractivity contribution in [3.8, 4) is 0 Å². The Morgan fingerprint density at radius 2 is 2.19 bits per heavy atom. The van der Waals surface area contributed by atoms with Crippen LogP contribution in [0.25, 0.3) is 0 Å².